The Labute approximate surface area is 198 Å². The minimum absolute atomic E-state index is 0.00995. The molecule has 1 aromatic rings. The second kappa shape index (κ2) is 11.4. The third-order valence-electron chi connectivity index (χ3n) is 6.34. The first kappa shape index (κ1) is 24.9. The van der Waals surface area contributed by atoms with Gasteiger partial charge in [0.25, 0.3) is 5.91 Å². The van der Waals surface area contributed by atoms with Crippen molar-refractivity contribution < 1.29 is 14.3 Å². The highest BCUT2D eigenvalue weighted by Gasteiger charge is 2.44. The lowest BCUT2D eigenvalue weighted by molar-refractivity contribution is -0.184. The third-order valence-corrected chi connectivity index (χ3v) is 6.34. The molecule has 2 amide bonds. The Balaban J connectivity index is 1.52. The SMILES string of the molecule is C=C/C=C\C=C\N1CC2(CCN(CCc3cccc(NC(=O)C(C)C)c3)CC2)OC(C)C1=O. The number of amides is 2. The molecule has 2 fully saturated rings. The molecule has 0 aromatic heterocycles. The maximum Gasteiger partial charge on any atom is 0.255 e. The van der Waals surface area contributed by atoms with Gasteiger partial charge in [-0.3, -0.25) is 9.59 Å². The van der Waals surface area contributed by atoms with Crippen molar-refractivity contribution in [2.75, 3.05) is 31.5 Å². The first-order valence-electron chi connectivity index (χ1n) is 11.9. The van der Waals surface area contributed by atoms with Crippen molar-refractivity contribution >= 4 is 17.5 Å². The quantitative estimate of drug-likeness (QED) is 0.603. The van der Waals surface area contributed by atoms with E-state index in [0.717, 1.165) is 44.6 Å². The van der Waals surface area contributed by atoms with Crippen LogP contribution in [-0.4, -0.2) is 59.5 Å². The molecule has 3 rings (SSSR count). The summed E-state index contributed by atoms with van der Waals surface area (Å²) in [6, 6.07) is 8.11. The number of carbonyl (C=O) groups excluding carboxylic acids is 2. The van der Waals surface area contributed by atoms with E-state index in [9.17, 15) is 9.59 Å². The van der Waals surface area contributed by atoms with Crippen molar-refractivity contribution in [3.05, 3.63) is 66.9 Å². The average molecular weight is 452 g/mol. The molecule has 2 aliphatic heterocycles. The van der Waals surface area contributed by atoms with E-state index >= 15 is 0 Å². The topological polar surface area (TPSA) is 61.9 Å². The Morgan fingerprint density at radius 2 is 2.03 bits per heavy atom. The van der Waals surface area contributed by atoms with Gasteiger partial charge in [-0.1, -0.05) is 50.8 Å². The first-order valence-corrected chi connectivity index (χ1v) is 11.9. The highest BCUT2D eigenvalue weighted by atomic mass is 16.5. The number of piperidine rings is 1. The molecule has 1 aromatic carbocycles. The summed E-state index contributed by atoms with van der Waals surface area (Å²) in [4.78, 5) is 28.8. The highest BCUT2D eigenvalue weighted by Crippen LogP contribution is 2.33. The number of likely N-dealkylation sites (tertiary alicyclic amines) is 1. The van der Waals surface area contributed by atoms with E-state index in [1.165, 1.54) is 5.56 Å². The van der Waals surface area contributed by atoms with Crippen LogP contribution in [0.25, 0.3) is 0 Å². The number of morpholine rings is 1. The van der Waals surface area contributed by atoms with Crippen LogP contribution in [0, 0.1) is 5.92 Å². The zero-order valence-electron chi connectivity index (χ0n) is 20.1. The normalized spacial score (nSPS) is 21.4. The molecule has 1 N–H and O–H groups in total. The summed E-state index contributed by atoms with van der Waals surface area (Å²) >= 11 is 0. The van der Waals surface area contributed by atoms with Crippen LogP contribution in [0.3, 0.4) is 0 Å². The van der Waals surface area contributed by atoms with Crippen LogP contribution in [0.5, 0.6) is 0 Å². The standard InChI is InChI=1S/C27H37N3O3/c1-5-6-7-8-15-30-20-27(33-22(4)26(30)32)13-17-29(18-14-27)16-12-23-10-9-11-24(19-23)28-25(31)21(2)3/h5-11,15,19,21-22H,1,12-14,16-18,20H2,2-4H3,(H,28,31)/b7-6-,15-8+. The maximum atomic E-state index is 12.5. The fourth-order valence-corrected chi connectivity index (χ4v) is 4.35. The van der Waals surface area contributed by atoms with Crippen molar-refractivity contribution in [3.63, 3.8) is 0 Å². The second-order valence-corrected chi connectivity index (χ2v) is 9.31. The Kier molecular flexibility index (Phi) is 8.64. The largest absolute Gasteiger partial charge is 0.360 e. The summed E-state index contributed by atoms with van der Waals surface area (Å²) < 4.78 is 6.24. The molecule has 2 aliphatic rings. The van der Waals surface area contributed by atoms with Crippen molar-refractivity contribution in [3.8, 4) is 0 Å². The van der Waals surface area contributed by atoms with Crippen LogP contribution in [0.1, 0.15) is 39.2 Å². The number of nitrogens with one attached hydrogen (secondary N) is 1. The number of nitrogens with zero attached hydrogens (tertiary/aromatic N) is 2. The molecule has 33 heavy (non-hydrogen) atoms. The number of rotatable bonds is 8. The van der Waals surface area contributed by atoms with Gasteiger partial charge in [-0.05, 0) is 50.0 Å². The molecule has 2 heterocycles. The Bertz CT molecular complexity index is 898. The molecule has 2 saturated heterocycles. The van der Waals surface area contributed by atoms with Crippen LogP contribution in [0.2, 0.25) is 0 Å². The Hall–Kier alpha value is -2.70. The van der Waals surface area contributed by atoms with Gasteiger partial charge in [0.1, 0.15) is 6.10 Å². The number of benzene rings is 1. The molecule has 0 aliphatic carbocycles. The maximum absolute atomic E-state index is 12.5. The van der Waals surface area contributed by atoms with Gasteiger partial charge < -0.3 is 19.9 Å². The van der Waals surface area contributed by atoms with Crippen LogP contribution in [0.15, 0.2) is 61.3 Å². The van der Waals surface area contributed by atoms with E-state index in [1.54, 1.807) is 11.0 Å². The van der Waals surface area contributed by atoms with E-state index in [-0.39, 0.29) is 23.3 Å². The molecule has 1 spiro atoms. The number of ether oxygens (including phenoxy) is 1. The summed E-state index contributed by atoms with van der Waals surface area (Å²) in [5.41, 5.74) is 1.79. The van der Waals surface area contributed by atoms with E-state index < -0.39 is 6.10 Å². The van der Waals surface area contributed by atoms with Crippen molar-refractivity contribution in [1.82, 2.24) is 9.80 Å². The molecule has 1 atom stereocenters. The molecule has 0 bridgehead atoms. The van der Waals surface area contributed by atoms with Crippen LogP contribution in [0.4, 0.5) is 5.69 Å². The lowest BCUT2D eigenvalue weighted by atomic mass is 9.88. The minimum atomic E-state index is -0.429. The fourth-order valence-electron chi connectivity index (χ4n) is 4.35. The number of carbonyl (C=O) groups is 2. The lowest BCUT2D eigenvalue weighted by Crippen LogP contribution is -2.60. The van der Waals surface area contributed by atoms with Crippen molar-refractivity contribution in [2.45, 2.75) is 51.7 Å². The third kappa shape index (κ3) is 6.89. The lowest BCUT2D eigenvalue weighted by Gasteiger charge is -2.48. The van der Waals surface area contributed by atoms with Gasteiger partial charge in [0, 0.05) is 37.4 Å². The van der Waals surface area contributed by atoms with Gasteiger partial charge in [-0.15, -0.1) is 0 Å². The van der Waals surface area contributed by atoms with Gasteiger partial charge in [0.15, 0.2) is 0 Å². The summed E-state index contributed by atoms with van der Waals surface area (Å²) in [7, 11) is 0. The van der Waals surface area contributed by atoms with Crippen molar-refractivity contribution in [1.29, 1.82) is 0 Å². The van der Waals surface area contributed by atoms with Gasteiger partial charge >= 0.3 is 0 Å². The minimum Gasteiger partial charge on any atom is -0.360 e. The Morgan fingerprint density at radius 1 is 1.27 bits per heavy atom. The van der Waals surface area contributed by atoms with Gasteiger partial charge in [-0.25, -0.2) is 0 Å². The van der Waals surface area contributed by atoms with Gasteiger partial charge in [-0.2, -0.15) is 0 Å². The fraction of sp³-hybridized carbons (Fsp3) is 0.481. The van der Waals surface area contributed by atoms with Crippen molar-refractivity contribution in [2.24, 2.45) is 5.92 Å². The first-order chi connectivity index (χ1) is 15.8. The predicted octanol–water partition coefficient (Wildman–Crippen LogP) is 4.16. The summed E-state index contributed by atoms with van der Waals surface area (Å²) in [5, 5.41) is 2.98. The zero-order valence-corrected chi connectivity index (χ0v) is 20.1. The molecule has 6 nitrogen and oxygen atoms in total. The molecule has 6 heteroatoms. The summed E-state index contributed by atoms with van der Waals surface area (Å²) in [6.07, 6.45) is 11.5. The predicted molar refractivity (Wildman–Crippen MR) is 133 cm³/mol. The summed E-state index contributed by atoms with van der Waals surface area (Å²) in [6.45, 7) is 12.7. The van der Waals surface area contributed by atoms with E-state index in [2.05, 4.69) is 28.9 Å². The number of anilines is 1. The molecular formula is C27H37N3O3. The average Bonchev–Trinajstić information content (AvgIpc) is 2.80. The number of hydrogen-bond acceptors (Lipinski definition) is 4. The molecular weight excluding hydrogens is 414 g/mol. The second-order valence-electron chi connectivity index (χ2n) is 9.31. The van der Waals surface area contributed by atoms with Gasteiger partial charge in [0.2, 0.25) is 5.91 Å². The van der Waals surface area contributed by atoms with E-state index in [4.69, 9.17) is 4.74 Å². The molecule has 0 radical (unpaired) electrons. The van der Waals surface area contributed by atoms with Crippen LogP contribution < -0.4 is 5.32 Å². The Morgan fingerprint density at radius 3 is 2.73 bits per heavy atom. The van der Waals surface area contributed by atoms with E-state index in [1.807, 2.05) is 57.3 Å². The van der Waals surface area contributed by atoms with Crippen LogP contribution >= 0.6 is 0 Å². The van der Waals surface area contributed by atoms with Crippen LogP contribution in [-0.2, 0) is 20.7 Å². The molecule has 178 valence electrons. The highest BCUT2D eigenvalue weighted by molar-refractivity contribution is 5.92. The monoisotopic (exact) mass is 451 g/mol. The number of allylic oxidation sites excluding steroid dienone is 4. The smallest absolute Gasteiger partial charge is 0.255 e. The van der Waals surface area contributed by atoms with E-state index in [0.29, 0.717) is 6.54 Å². The zero-order chi connectivity index (χ0) is 23.8. The summed E-state index contributed by atoms with van der Waals surface area (Å²) in [5.74, 6) is 0.00871. The number of hydrogen-bond donors (Lipinski definition) is 1. The van der Waals surface area contributed by atoms with Gasteiger partial charge in [0.05, 0.1) is 12.1 Å². The molecule has 1 unspecified atom stereocenters. The molecule has 0 saturated carbocycles.